The van der Waals surface area contributed by atoms with Gasteiger partial charge in [0.15, 0.2) is 0 Å². The van der Waals surface area contributed by atoms with Crippen molar-refractivity contribution in [1.82, 2.24) is 0 Å². The summed E-state index contributed by atoms with van der Waals surface area (Å²) < 4.78 is 0. The van der Waals surface area contributed by atoms with E-state index >= 15 is 0 Å². The van der Waals surface area contributed by atoms with Crippen LogP contribution in [0.15, 0.2) is 206 Å². The Balaban J connectivity index is 1.15. The van der Waals surface area contributed by atoms with Gasteiger partial charge in [-0.15, -0.1) is 0 Å². The van der Waals surface area contributed by atoms with Gasteiger partial charge >= 0.3 is 0 Å². The van der Waals surface area contributed by atoms with Gasteiger partial charge in [0.2, 0.25) is 0 Å². The minimum Gasteiger partial charge on any atom is -0.355 e. The molecule has 0 aliphatic rings. The fourth-order valence-electron chi connectivity index (χ4n) is 8.45. The van der Waals surface area contributed by atoms with E-state index in [9.17, 15) is 0 Å². The second-order valence-electron chi connectivity index (χ2n) is 14.3. The fourth-order valence-corrected chi connectivity index (χ4v) is 8.45. The molecule has 2 nitrogen and oxygen atoms in total. The summed E-state index contributed by atoms with van der Waals surface area (Å²) in [6.07, 6.45) is 0. The molecule has 0 radical (unpaired) electrons. The summed E-state index contributed by atoms with van der Waals surface area (Å²) in [6.45, 7) is 0. The van der Waals surface area contributed by atoms with Gasteiger partial charge in [-0.2, -0.15) is 0 Å². The molecular weight excluding hydrogens is 665 g/mol. The summed E-state index contributed by atoms with van der Waals surface area (Å²) >= 11 is 0. The van der Waals surface area contributed by atoms with Gasteiger partial charge in [0.05, 0.1) is 6.04 Å². The molecule has 0 fully saturated rings. The molecule has 2 heteroatoms. The van der Waals surface area contributed by atoms with Crippen LogP contribution in [0.2, 0.25) is 0 Å². The van der Waals surface area contributed by atoms with Gasteiger partial charge < -0.3 is 11.1 Å². The first kappa shape index (κ1) is 32.6. The van der Waals surface area contributed by atoms with E-state index in [1.807, 2.05) is 24.3 Å². The largest absolute Gasteiger partial charge is 0.355 e. The van der Waals surface area contributed by atoms with Crippen LogP contribution >= 0.6 is 0 Å². The molecular formula is C53H38N2. The van der Waals surface area contributed by atoms with Crippen LogP contribution in [-0.4, -0.2) is 0 Å². The van der Waals surface area contributed by atoms with Crippen molar-refractivity contribution < 1.29 is 0 Å². The average Bonchev–Trinajstić information content (AvgIpc) is 3.25. The van der Waals surface area contributed by atoms with Gasteiger partial charge in [0.25, 0.3) is 0 Å². The standard InChI is InChI=1S/C53H38N2/c54-53(48-24-10-11-27-50(48)55-40-18-2-1-3-19-40)38-30-28-35(29-31-38)39-32-33-47-49(34-39)52(44-26-13-17-37-15-5-7-21-42(37)44)46-23-9-8-22-45(46)51(47)43-25-12-16-36-14-4-6-20-41(36)43/h1-34,53,55H,54H2/t53-/m0/s1. The molecule has 0 aliphatic heterocycles. The quantitative estimate of drug-likeness (QED) is 0.162. The van der Waals surface area contributed by atoms with Crippen molar-refractivity contribution in [2.75, 3.05) is 5.32 Å². The van der Waals surface area contributed by atoms with E-state index in [0.717, 1.165) is 28.1 Å². The summed E-state index contributed by atoms with van der Waals surface area (Å²) in [7, 11) is 0. The van der Waals surface area contributed by atoms with Crippen molar-refractivity contribution in [2.24, 2.45) is 5.73 Å². The number of anilines is 2. The summed E-state index contributed by atoms with van der Waals surface area (Å²) in [6, 6.07) is 73.8. The molecule has 0 amide bonds. The van der Waals surface area contributed by atoms with Crippen molar-refractivity contribution in [3.05, 3.63) is 217 Å². The number of nitrogens with two attached hydrogens (primary N) is 1. The molecule has 0 unspecified atom stereocenters. The molecule has 10 aromatic carbocycles. The maximum atomic E-state index is 6.99. The maximum absolute atomic E-state index is 6.99. The Morgan fingerprint density at radius 1 is 0.364 bits per heavy atom. The summed E-state index contributed by atoms with van der Waals surface area (Å²) in [4.78, 5) is 0. The minimum absolute atomic E-state index is 0.286. The molecule has 10 aromatic rings. The molecule has 0 saturated heterocycles. The van der Waals surface area contributed by atoms with Crippen molar-refractivity contribution in [1.29, 1.82) is 0 Å². The molecule has 0 aromatic heterocycles. The highest BCUT2D eigenvalue weighted by Gasteiger charge is 2.20. The highest BCUT2D eigenvalue weighted by molar-refractivity contribution is 6.25. The van der Waals surface area contributed by atoms with Crippen LogP contribution in [0.3, 0.4) is 0 Å². The lowest BCUT2D eigenvalue weighted by Crippen LogP contribution is -2.13. The van der Waals surface area contributed by atoms with E-state index in [1.165, 1.54) is 70.9 Å². The molecule has 1 atom stereocenters. The number of rotatable bonds is 7. The van der Waals surface area contributed by atoms with Gasteiger partial charge in [-0.3, -0.25) is 0 Å². The monoisotopic (exact) mass is 702 g/mol. The smallest absolute Gasteiger partial charge is 0.0572 e. The van der Waals surface area contributed by atoms with E-state index < -0.39 is 0 Å². The van der Waals surface area contributed by atoms with Crippen molar-refractivity contribution in [3.8, 4) is 33.4 Å². The zero-order valence-corrected chi connectivity index (χ0v) is 30.3. The van der Waals surface area contributed by atoms with Crippen LogP contribution in [-0.2, 0) is 0 Å². The van der Waals surface area contributed by atoms with Crippen LogP contribution in [0.5, 0.6) is 0 Å². The number of nitrogens with one attached hydrogen (secondary N) is 1. The molecule has 0 aliphatic carbocycles. The lowest BCUT2D eigenvalue weighted by molar-refractivity contribution is 0.874. The average molecular weight is 703 g/mol. The predicted molar refractivity (Wildman–Crippen MR) is 235 cm³/mol. The van der Waals surface area contributed by atoms with E-state index in [-0.39, 0.29) is 6.04 Å². The van der Waals surface area contributed by atoms with E-state index in [4.69, 9.17) is 5.73 Å². The van der Waals surface area contributed by atoms with Crippen LogP contribution in [0, 0.1) is 0 Å². The highest BCUT2D eigenvalue weighted by atomic mass is 14.9. The van der Waals surface area contributed by atoms with Crippen LogP contribution in [0.25, 0.3) is 76.5 Å². The van der Waals surface area contributed by atoms with Gasteiger partial charge in [-0.25, -0.2) is 0 Å². The summed E-state index contributed by atoms with van der Waals surface area (Å²) in [5.41, 5.74) is 18.5. The topological polar surface area (TPSA) is 38.0 Å². The molecule has 0 spiro atoms. The third kappa shape index (κ3) is 5.81. The Labute approximate surface area is 321 Å². The summed E-state index contributed by atoms with van der Waals surface area (Å²) in [5, 5.41) is 13.5. The normalized spacial score (nSPS) is 12.0. The van der Waals surface area contributed by atoms with Crippen molar-refractivity contribution in [3.63, 3.8) is 0 Å². The predicted octanol–water partition coefficient (Wildman–Crippen LogP) is 14.1. The molecule has 0 heterocycles. The fraction of sp³-hybridized carbons (Fsp3) is 0.0189. The van der Waals surface area contributed by atoms with E-state index in [0.29, 0.717) is 0 Å². The third-order valence-corrected chi connectivity index (χ3v) is 11.1. The number of hydrogen-bond acceptors (Lipinski definition) is 2. The Bertz CT molecular complexity index is 3010. The van der Waals surface area contributed by atoms with Crippen LogP contribution in [0.1, 0.15) is 17.2 Å². The van der Waals surface area contributed by atoms with Gasteiger partial charge in [0, 0.05) is 11.4 Å². The Morgan fingerprint density at radius 2 is 0.855 bits per heavy atom. The van der Waals surface area contributed by atoms with Crippen LogP contribution in [0.4, 0.5) is 11.4 Å². The lowest BCUT2D eigenvalue weighted by Gasteiger charge is -2.21. The Hall–Kier alpha value is -7.00. The zero-order valence-electron chi connectivity index (χ0n) is 30.3. The van der Waals surface area contributed by atoms with Gasteiger partial charge in [-0.05, 0) is 112 Å². The maximum Gasteiger partial charge on any atom is 0.0572 e. The second-order valence-corrected chi connectivity index (χ2v) is 14.3. The molecule has 10 rings (SSSR count). The van der Waals surface area contributed by atoms with E-state index in [1.54, 1.807) is 0 Å². The first-order valence-electron chi connectivity index (χ1n) is 18.9. The second kappa shape index (κ2) is 13.8. The number of benzene rings is 10. The first-order chi connectivity index (χ1) is 27.2. The highest BCUT2D eigenvalue weighted by Crippen LogP contribution is 2.47. The number of hydrogen-bond donors (Lipinski definition) is 2. The third-order valence-electron chi connectivity index (χ3n) is 11.1. The van der Waals surface area contributed by atoms with Crippen LogP contribution < -0.4 is 11.1 Å². The molecule has 3 N–H and O–H groups in total. The molecule has 260 valence electrons. The molecule has 0 bridgehead atoms. The van der Waals surface area contributed by atoms with Crippen molar-refractivity contribution in [2.45, 2.75) is 6.04 Å². The molecule has 0 saturated carbocycles. The number of fused-ring (bicyclic) bond motifs is 4. The summed E-state index contributed by atoms with van der Waals surface area (Å²) in [5.74, 6) is 0. The minimum atomic E-state index is -0.286. The first-order valence-corrected chi connectivity index (χ1v) is 18.9. The lowest BCUT2D eigenvalue weighted by atomic mass is 9.83. The SMILES string of the molecule is N[C@@H](c1ccc(-c2ccc3c(-c4cccc5ccccc45)c4ccccc4c(-c4cccc5ccccc45)c3c2)cc1)c1ccccc1Nc1ccccc1. The van der Waals surface area contributed by atoms with Gasteiger partial charge in [0.1, 0.15) is 0 Å². The molecule has 55 heavy (non-hydrogen) atoms. The zero-order chi connectivity index (χ0) is 36.7. The Kier molecular flexibility index (Phi) is 8.17. The van der Waals surface area contributed by atoms with Gasteiger partial charge in [-0.1, -0.05) is 182 Å². The van der Waals surface area contributed by atoms with Crippen molar-refractivity contribution >= 4 is 54.5 Å². The van der Waals surface area contributed by atoms with E-state index in [2.05, 4.69) is 187 Å². The Morgan fingerprint density at radius 3 is 1.51 bits per heavy atom. The number of para-hydroxylation sites is 2.